The number of hydrogen-bond acceptors (Lipinski definition) is 2. The van der Waals surface area contributed by atoms with E-state index in [1.54, 1.807) is 7.11 Å². The van der Waals surface area contributed by atoms with Crippen molar-refractivity contribution < 1.29 is 4.74 Å². The van der Waals surface area contributed by atoms with Gasteiger partial charge in [-0.05, 0) is 17.2 Å². The molecule has 2 rings (SSSR count). The molecule has 0 fully saturated rings. The summed E-state index contributed by atoms with van der Waals surface area (Å²) in [6.07, 6.45) is 1.74. The van der Waals surface area contributed by atoms with Crippen LogP contribution >= 0.6 is 0 Å². The molecule has 0 aromatic heterocycles. The highest BCUT2D eigenvalue weighted by atomic mass is 16.5. The van der Waals surface area contributed by atoms with E-state index < -0.39 is 0 Å². The number of benzene rings is 2. The summed E-state index contributed by atoms with van der Waals surface area (Å²) in [5, 5.41) is 0. The van der Waals surface area contributed by atoms with Gasteiger partial charge >= 0.3 is 0 Å². The second-order valence-electron chi connectivity index (χ2n) is 4.08. The van der Waals surface area contributed by atoms with Crippen LogP contribution in [0.25, 0.3) is 6.08 Å². The summed E-state index contributed by atoms with van der Waals surface area (Å²) in [5.41, 5.74) is 8.97. The van der Waals surface area contributed by atoms with Crippen LogP contribution in [0.3, 0.4) is 0 Å². The molecule has 2 nitrogen and oxygen atoms in total. The molecule has 0 radical (unpaired) electrons. The fourth-order valence-corrected chi connectivity index (χ4v) is 1.91. The van der Waals surface area contributed by atoms with Crippen molar-refractivity contribution in [1.82, 2.24) is 0 Å². The smallest absolute Gasteiger partial charge is 0.121 e. The van der Waals surface area contributed by atoms with Crippen LogP contribution in [-0.2, 0) is 4.74 Å². The number of ether oxygens (including phenoxy) is 1. The van der Waals surface area contributed by atoms with Crippen molar-refractivity contribution in [3.63, 3.8) is 0 Å². The van der Waals surface area contributed by atoms with Gasteiger partial charge in [-0.1, -0.05) is 60.7 Å². The SMILES string of the molecule is COC(/C(N)=C/c1ccccc1)c1ccccc1. The average Bonchev–Trinajstić information content (AvgIpc) is 2.42. The summed E-state index contributed by atoms with van der Waals surface area (Å²) >= 11 is 0. The molecule has 0 spiro atoms. The van der Waals surface area contributed by atoms with Crippen LogP contribution in [0.5, 0.6) is 0 Å². The lowest BCUT2D eigenvalue weighted by Crippen LogP contribution is -2.12. The molecule has 0 bridgehead atoms. The molecule has 0 amide bonds. The van der Waals surface area contributed by atoms with Gasteiger partial charge in [-0.2, -0.15) is 0 Å². The van der Waals surface area contributed by atoms with Crippen LogP contribution in [0.4, 0.5) is 0 Å². The van der Waals surface area contributed by atoms with Crippen LogP contribution in [-0.4, -0.2) is 7.11 Å². The third-order valence-corrected chi connectivity index (χ3v) is 2.77. The van der Waals surface area contributed by atoms with Crippen LogP contribution < -0.4 is 5.73 Å². The second kappa shape index (κ2) is 6.03. The van der Waals surface area contributed by atoms with E-state index in [4.69, 9.17) is 10.5 Å². The van der Waals surface area contributed by atoms with Crippen LogP contribution in [0.1, 0.15) is 17.2 Å². The molecule has 1 atom stereocenters. The maximum atomic E-state index is 6.13. The van der Waals surface area contributed by atoms with Crippen molar-refractivity contribution in [2.75, 3.05) is 7.11 Å². The van der Waals surface area contributed by atoms with Gasteiger partial charge in [0.2, 0.25) is 0 Å². The molecular weight excluding hydrogens is 222 g/mol. The molecule has 2 heteroatoms. The summed E-state index contributed by atoms with van der Waals surface area (Å²) in [5.74, 6) is 0. The normalized spacial score (nSPS) is 13.3. The predicted octanol–water partition coefficient (Wildman–Crippen LogP) is 3.37. The first-order chi connectivity index (χ1) is 8.81. The summed E-state index contributed by atoms with van der Waals surface area (Å²) in [4.78, 5) is 0. The molecule has 2 N–H and O–H groups in total. The van der Waals surface area contributed by atoms with E-state index in [1.807, 2.05) is 66.7 Å². The highest BCUT2D eigenvalue weighted by Gasteiger charge is 2.12. The first-order valence-corrected chi connectivity index (χ1v) is 5.91. The molecule has 0 saturated heterocycles. The molecule has 0 aliphatic heterocycles. The van der Waals surface area contributed by atoms with Crippen molar-refractivity contribution in [3.05, 3.63) is 77.5 Å². The maximum absolute atomic E-state index is 6.13. The van der Waals surface area contributed by atoms with Gasteiger partial charge < -0.3 is 10.5 Å². The van der Waals surface area contributed by atoms with Crippen LogP contribution in [0.15, 0.2) is 66.4 Å². The van der Waals surface area contributed by atoms with Gasteiger partial charge in [0.05, 0.1) is 0 Å². The number of methoxy groups -OCH3 is 1. The van der Waals surface area contributed by atoms with Crippen molar-refractivity contribution in [1.29, 1.82) is 0 Å². The lowest BCUT2D eigenvalue weighted by atomic mass is 10.0. The van der Waals surface area contributed by atoms with Gasteiger partial charge in [0.15, 0.2) is 0 Å². The third-order valence-electron chi connectivity index (χ3n) is 2.77. The van der Waals surface area contributed by atoms with Gasteiger partial charge in [-0.25, -0.2) is 0 Å². The molecule has 2 aromatic carbocycles. The lowest BCUT2D eigenvalue weighted by Gasteiger charge is -2.16. The Bertz CT molecular complexity index is 505. The minimum Gasteiger partial charge on any atom is -0.400 e. The van der Waals surface area contributed by atoms with Gasteiger partial charge in [-0.3, -0.25) is 0 Å². The van der Waals surface area contributed by atoms with Crippen molar-refractivity contribution in [3.8, 4) is 0 Å². The van der Waals surface area contributed by atoms with E-state index in [0.29, 0.717) is 5.70 Å². The van der Waals surface area contributed by atoms with Crippen molar-refractivity contribution in [2.45, 2.75) is 6.10 Å². The first kappa shape index (κ1) is 12.4. The van der Waals surface area contributed by atoms with E-state index in [0.717, 1.165) is 11.1 Å². The zero-order valence-electron chi connectivity index (χ0n) is 10.4. The fourth-order valence-electron chi connectivity index (χ4n) is 1.91. The number of hydrogen-bond donors (Lipinski definition) is 1. The molecule has 2 aromatic rings. The summed E-state index contributed by atoms with van der Waals surface area (Å²) < 4.78 is 5.48. The first-order valence-electron chi connectivity index (χ1n) is 5.91. The number of rotatable bonds is 4. The maximum Gasteiger partial charge on any atom is 0.121 e. The predicted molar refractivity (Wildman–Crippen MR) is 74.8 cm³/mol. The van der Waals surface area contributed by atoms with E-state index in [1.165, 1.54) is 0 Å². The highest BCUT2D eigenvalue weighted by molar-refractivity contribution is 5.53. The van der Waals surface area contributed by atoms with Gasteiger partial charge in [0.25, 0.3) is 0 Å². The molecular formula is C16H17NO. The minimum atomic E-state index is -0.202. The zero-order chi connectivity index (χ0) is 12.8. The van der Waals surface area contributed by atoms with Gasteiger partial charge in [0.1, 0.15) is 6.10 Å². The molecule has 0 saturated carbocycles. The second-order valence-corrected chi connectivity index (χ2v) is 4.08. The van der Waals surface area contributed by atoms with Gasteiger partial charge in [-0.15, -0.1) is 0 Å². The standard InChI is InChI=1S/C16H17NO/c1-18-16(14-10-6-3-7-11-14)15(17)12-13-8-4-2-5-9-13/h2-12,16H,17H2,1H3/b15-12-. The average molecular weight is 239 g/mol. The molecule has 0 heterocycles. The highest BCUT2D eigenvalue weighted by Crippen LogP contribution is 2.23. The molecule has 92 valence electrons. The van der Waals surface area contributed by atoms with Gasteiger partial charge in [0, 0.05) is 12.8 Å². The van der Waals surface area contributed by atoms with E-state index in [2.05, 4.69) is 0 Å². The quantitative estimate of drug-likeness (QED) is 0.887. The van der Waals surface area contributed by atoms with Crippen LogP contribution in [0.2, 0.25) is 0 Å². The Hall–Kier alpha value is -2.06. The van der Waals surface area contributed by atoms with Crippen molar-refractivity contribution >= 4 is 6.08 Å². The Morgan fingerprint density at radius 1 is 1.00 bits per heavy atom. The molecule has 0 aliphatic rings. The van der Waals surface area contributed by atoms with E-state index >= 15 is 0 Å². The Morgan fingerprint density at radius 2 is 1.56 bits per heavy atom. The summed E-state index contributed by atoms with van der Waals surface area (Å²) in [6, 6.07) is 20.0. The zero-order valence-corrected chi connectivity index (χ0v) is 10.4. The summed E-state index contributed by atoms with van der Waals surface area (Å²) in [6.45, 7) is 0. The monoisotopic (exact) mass is 239 g/mol. The van der Waals surface area contributed by atoms with Crippen molar-refractivity contribution in [2.24, 2.45) is 5.73 Å². The van der Waals surface area contributed by atoms with E-state index in [9.17, 15) is 0 Å². The Kier molecular flexibility index (Phi) is 4.15. The lowest BCUT2D eigenvalue weighted by molar-refractivity contribution is 0.132. The topological polar surface area (TPSA) is 35.2 Å². The Labute approximate surface area is 108 Å². The number of nitrogens with two attached hydrogens (primary N) is 1. The molecule has 0 aliphatic carbocycles. The summed E-state index contributed by atoms with van der Waals surface area (Å²) in [7, 11) is 1.67. The third kappa shape index (κ3) is 2.99. The largest absolute Gasteiger partial charge is 0.400 e. The fraction of sp³-hybridized carbons (Fsp3) is 0.125. The van der Waals surface area contributed by atoms with E-state index in [-0.39, 0.29) is 6.10 Å². The minimum absolute atomic E-state index is 0.202. The molecule has 18 heavy (non-hydrogen) atoms. The molecule has 1 unspecified atom stereocenters. The van der Waals surface area contributed by atoms with Crippen LogP contribution in [0, 0.1) is 0 Å². The Morgan fingerprint density at radius 3 is 2.11 bits per heavy atom. The Balaban J connectivity index is 2.26.